The molecule has 3 aromatic rings. The lowest BCUT2D eigenvalue weighted by atomic mass is 10.1. The van der Waals surface area contributed by atoms with E-state index in [1.807, 2.05) is 0 Å². The van der Waals surface area contributed by atoms with Crippen LogP contribution in [0, 0.1) is 13.8 Å². The molecule has 1 amide bonds. The third kappa shape index (κ3) is 4.23. The molecule has 4 N–H and O–H groups in total. The average Bonchev–Trinajstić information content (AvgIpc) is 3.09. The van der Waals surface area contributed by atoms with Crippen LogP contribution in [0.25, 0.3) is 10.9 Å². The van der Waals surface area contributed by atoms with Crippen molar-refractivity contribution in [2.75, 3.05) is 18.4 Å². The van der Waals surface area contributed by atoms with E-state index in [1.165, 1.54) is 13.1 Å². The molecule has 158 valence electrons. The molecule has 30 heavy (non-hydrogen) atoms. The summed E-state index contributed by atoms with van der Waals surface area (Å²) in [6, 6.07) is 9.49. The maximum absolute atomic E-state index is 13.0. The van der Waals surface area contributed by atoms with Crippen molar-refractivity contribution in [1.82, 2.24) is 10.3 Å². The fourth-order valence-corrected chi connectivity index (χ4v) is 4.41. The Balaban J connectivity index is 1.93. The van der Waals surface area contributed by atoms with Crippen LogP contribution in [0.3, 0.4) is 0 Å². The second kappa shape index (κ2) is 8.07. The highest BCUT2D eigenvalue weighted by Gasteiger charge is 2.21. The number of fused-ring (bicyclic) bond motifs is 1. The van der Waals surface area contributed by atoms with Gasteiger partial charge in [0.25, 0.3) is 15.9 Å². The Hall–Kier alpha value is -3.53. The highest BCUT2D eigenvalue weighted by Crippen LogP contribution is 2.30. The van der Waals surface area contributed by atoms with Gasteiger partial charge in [0.1, 0.15) is 11.4 Å². The van der Waals surface area contributed by atoms with Gasteiger partial charge in [-0.1, -0.05) is 6.07 Å². The van der Waals surface area contributed by atoms with Crippen molar-refractivity contribution in [3.05, 3.63) is 53.2 Å². The number of anilines is 1. The Labute approximate surface area is 173 Å². The van der Waals surface area contributed by atoms with Gasteiger partial charge in [0.2, 0.25) is 0 Å². The summed E-state index contributed by atoms with van der Waals surface area (Å²) in [5.74, 6) is -1.22. The molecule has 0 radical (unpaired) electrons. The number of H-pyrrole nitrogens is 1. The van der Waals surface area contributed by atoms with Gasteiger partial charge in [-0.05, 0) is 49.7 Å². The summed E-state index contributed by atoms with van der Waals surface area (Å²) in [5.41, 5.74) is 2.31. The molecule has 0 atom stereocenters. The van der Waals surface area contributed by atoms with Crippen LogP contribution < -0.4 is 14.8 Å². The Bertz CT molecular complexity index is 1250. The summed E-state index contributed by atoms with van der Waals surface area (Å²) in [6.07, 6.45) is 0. The highest BCUT2D eigenvalue weighted by atomic mass is 32.2. The predicted molar refractivity (Wildman–Crippen MR) is 112 cm³/mol. The number of nitrogens with one attached hydrogen (secondary N) is 3. The largest absolute Gasteiger partial charge is 0.481 e. The number of carboxylic acids is 1. The van der Waals surface area contributed by atoms with E-state index in [-0.39, 0.29) is 16.6 Å². The molecule has 2 aromatic carbocycles. The maximum Gasteiger partial charge on any atom is 0.341 e. The standard InChI is InChI=1S/C20H21N3O6S/c1-11-4-7-17(12(2)19(11)29-10-18(24)25)30(27,28)23-14-5-6-15-13(8-14)9-16(22-15)20(26)21-3/h4-9,22-23H,10H2,1-3H3,(H,21,26)(H,24,25). The Morgan fingerprint density at radius 3 is 2.53 bits per heavy atom. The molecule has 0 saturated heterocycles. The minimum atomic E-state index is -3.97. The number of ether oxygens (including phenoxy) is 1. The molecule has 1 aromatic heterocycles. The number of hydrogen-bond donors (Lipinski definition) is 4. The molecule has 0 fully saturated rings. The second-order valence-corrected chi connectivity index (χ2v) is 8.34. The van der Waals surface area contributed by atoms with Crippen LogP contribution in [0.15, 0.2) is 41.3 Å². The molecule has 9 nitrogen and oxygen atoms in total. The molecule has 0 aliphatic rings. The van der Waals surface area contributed by atoms with Crippen LogP contribution >= 0.6 is 0 Å². The second-order valence-electron chi connectivity index (χ2n) is 6.69. The minimum Gasteiger partial charge on any atom is -0.481 e. The normalized spacial score (nSPS) is 11.3. The Morgan fingerprint density at radius 1 is 1.13 bits per heavy atom. The lowest BCUT2D eigenvalue weighted by Gasteiger charge is -2.15. The van der Waals surface area contributed by atoms with E-state index in [1.54, 1.807) is 44.2 Å². The average molecular weight is 431 g/mol. The minimum absolute atomic E-state index is 0.0197. The van der Waals surface area contributed by atoms with Crippen LogP contribution in [0.5, 0.6) is 5.75 Å². The van der Waals surface area contributed by atoms with Gasteiger partial charge in [-0.25, -0.2) is 13.2 Å². The van der Waals surface area contributed by atoms with Gasteiger partial charge in [0.15, 0.2) is 6.61 Å². The number of sulfonamides is 1. The maximum atomic E-state index is 13.0. The molecule has 0 bridgehead atoms. The molecule has 0 spiro atoms. The number of aromatic amines is 1. The molecule has 0 aliphatic heterocycles. The smallest absolute Gasteiger partial charge is 0.341 e. The third-order valence-electron chi connectivity index (χ3n) is 4.53. The van der Waals surface area contributed by atoms with Gasteiger partial charge < -0.3 is 20.1 Å². The Kier molecular flexibility index (Phi) is 5.70. The van der Waals surface area contributed by atoms with Gasteiger partial charge >= 0.3 is 5.97 Å². The molecule has 0 unspecified atom stereocenters. The van der Waals surface area contributed by atoms with E-state index in [0.29, 0.717) is 33.4 Å². The first-order valence-corrected chi connectivity index (χ1v) is 10.4. The number of hydrogen-bond acceptors (Lipinski definition) is 5. The van der Waals surface area contributed by atoms with Gasteiger partial charge in [-0.15, -0.1) is 0 Å². The van der Waals surface area contributed by atoms with Crippen molar-refractivity contribution in [1.29, 1.82) is 0 Å². The number of carboxylic acid groups (broad SMARTS) is 1. The van der Waals surface area contributed by atoms with Crippen LogP contribution in [0.4, 0.5) is 5.69 Å². The zero-order chi connectivity index (χ0) is 22.1. The molecule has 1 heterocycles. The Morgan fingerprint density at radius 2 is 1.87 bits per heavy atom. The molecule has 0 aliphatic carbocycles. The zero-order valence-electron chi connectivity index (χ0n) is 16.6. The van der Waals surface area contributed by atoms with Gasteiger partial charge in [0.05, 0.1) is 4.90 Å². The quantitative estimate of drug-likeness (QED) is 0.453. The van der Waals surface area contributed by atoms with Crippen LogP contribution in [0.1, 0.15) is 21.6 Å². The van der Waals surface area contributed by atoms with E-state index in [4.69, 9.17) is 9.84 Å². The fraction of sp³-hybridized carbons (Fsp3) is 0.200. The van der Waals surface area contributed by atoms with E-state index in [2.05, 4.69) is 15.0 Å². The topological polar surface area (TPSA) is 138 Å². The van der Waals surface area contributed by atoms with E-state index < -0.39 is 22.6 Å². The summed E-state index contributed by atoms with van der Waals surface area (Å²) < 4.78 is 33.7. The number of carbonyl (C=O) groups is 2. The number of benzene rings is 2. The van der Waals surface area contributed by atoms with Crippen molar-refractivity contribution >= 4 is 38.5 Å². The number of aryl methyl sites for hydroxylation is 1. The number of aliphatic carboxylic acids is 1. The zero-order valence-corrected chi connectivity index (χ0v) is 17.4. The molecule has 3 rings (SSSR count). The van der Waals surface area contributed by atoms with Gasteiger partial charge in [-0.3, -0.25) is 9.52 Å². The molecule has 10 heteroatoms. The number of carbonyl (C=O) groups excluding carboxylic acids is 1. The van der Waals surface area contributed by atoms with Crippen molar-refractivity contribution in [3.63, 3.8) is 0 Å². The number of rotatable bonds is 7. The first-order chi connectivity index (χ1) is 14.1. The molecular weight excluding hydrogens is 410 g/mol. The summed E-state index contributed by atoms with van der Waals surface area (Å²) in [7, 11) is -2.45. The van der Waals surface area contributed by atoms with E-state index in [9.17, 15) is 18.0 Å². The third-order valence-corrected chi connectivity index (χ3v) is 6.05. The van der Waals surface area contributed by atoms with Crippen LogP contribution in [-0.4, -0.2) is 44.0 Å². The van der Waals surface area contributed by atoms with E-state index in [0.717, 1.165) is 0 Å². The van der Waals surface area contributed by atoms with Crippen molar-refractivity contribution in [2.45, 2.75) is 18.7 Å². The van der Waals surface area contributed by atoms with Crippen molar-refractivity contribution in [3.8, 4) is 5.75 Å². The monoisotopic (exact) mass is 431 g/mol. The summed E-state index contributed by atoms with van der Waals surface area (Å²) in [4.78, 5) is 25.5. The van der Waals surface area contributed by atoms with E-state index >= 15 is 0 Å². The predicted octanol–water partition coefficient (Wildman–Crippen LogP) is 2.41. The summed E-state index contributed by atoms with van der Waals surface area (Å²) in [6.45, 7) is 2.69. The molecule has 0 saturated carbocycles. The van der Waals surface area contributed by atoms with Gasteiger partial charge in [0, 0.05) is 29.2 Å². The molecular formula is C20H21N3O6S. The highest BCUT2D eigenvalue weighted by molar-refractivity contribution is 7.92. The van der Waals surface area contributed by atoms with Crippen molar-refractivity contribution in [2.24, 2.45) is 0 Å². The first-order valence-electron chi connectivity index (χ1n) is 8.95. The first kappa shape index (κ1) is 21.2. The lowest BCUT2D eigenvalue weighted by Crippen LogP contribution is -2.17. The SMILES string of the molecule is CNC(=O)c1cc2cc(NS(=O)(=O)c3ccc(C)c(OCC(=O)O)c3C)ccc2[nH]1. The van der Waals surface area contributed by atoms with Crippen molar-refractivity contribution < 1.29 is 27.9 Å². The van der Waals surface area contributed by atoms with Crippen LogP contribution in [-0.2, 0) is 14.8 Å². The fourth-order valence-electron chi connectivity index (χ4n) is 3.12. The number of aromatic nitrogens is 1. The van der Waals surface area contributed by atoms with Gasteiger partial charge in [-0.2, -0.15) is 0 Å². The number of amides is 1. The summed E-state index contributed by atoms with van der Waals surface area (Å²) >= 11 is 0. The summed E-state index contributed by atoms with van der Waals surface area (Å²) in [5, 5.41) is 12.0. The lowest BCUT2D eigenvalue weighted by molar-refractivity contribution is -0.139. The van der Waals surface area contributed by atoms with Crippen LogP contribution in [0.2, 0.25) is 0 Å².